The summed E-state index contributed by atoms with van der Waals surface area (Å²) in [5, 5.41) is 67.8. The molecule has 2 aliphatic heterocycles. The van der Waals surface area contributed by atoms with Gasteiger partial charge in [0, 0.05) is 18.6 Å². The third-order valence-electron chi connectivity index (χ3n) is 7.93. The molecule has 1 aliphatic carbocycles. The second-order valence-corrected chi connectivity index (χ2v) is 10.9. The van der Waals surface area contributed by atoms with Crippen LogP contribution in [0.2, 0.25) is 0 Å². The Labute approximate surface area is 234 Å². The van der Waals surface area contributed by atoms with Gasteiger partial charge in [-0.3, -0.25) is 0 Å². The highest BCUT2D eigenvalue weighted by molar-refractivity contribution is 5.02. The topological polar surface area (TPSA) is 286 Å². The van der Waals surface area contributed by atoms with Crippen LogP contribution in [0, 0.1) is 0 Å². The molecule has 3 rings (SSSR count). The maximum atomic E-state index is 11.6. The van der Waals surface area contributed by atoms with E-state index in [-0.39, 0.29) is 18.6 Å². The van der Waals surface area contributed by atoms with E-state index < -0.39 is 93.2 Å². The average Bonchev–Trinajstić information content (AvgIpc) is 2.96. The van der Waals surface area contributed by atoms with Crippen LogP contribution in [0.4, 0.5) is 0 Å². The van der Waals surface area contributed by atoms with Crippen LogP contribution in [0.25, 0.3) is 0 Å². The van der Waals surface area contributed by atoms with Gasteiger partial charge in [0.15, 0.2) is 12.6 Å². The van der Waals surface area contributed by atoms with E-state index in [2.05, 4.69) is 10.6 Å². The van der Waals surface area contributed by atoms with Gasteiger partial charge in [0.2, 0.25) is 0 Å². The molecule has 16 nitrogen and oxygen atoms in total. The van der Waals surface area contributed by atoms with Crippen LogP contribution in [-0.4, -0.2) is 156 Å². The molecule has 2 saturated heterocycles. The quantitative estimate of drug-likeness (QED) is 0.0848. The SMILES string of the molecule is NCCCN[C@@H]1CC[C@@H](CN)O[C@@H]1OC1[C@@H](N)C[C@@H](NC(CO)CO)[C@H](O[C@H]2O[C@H](CO)[C@@H](O)[C@H](N)[C@H]2O)[C@H]1O. The first-order chi connectivity index (χ1) is 19.2. The van der Waals surface area contributed by atoms with Crippen LogP contribution in [0.3, 0.4) is 0 Å². The Morgan fingerprint density at radius 1 is 0.850 bits per heavy atom. The molecule has 16 N–H and O–H groups in total. The highest BCUT2D eigenvalue weighted by atomic mass is 16.7. The number of ether oxygens (including phenoxy) is 4. The molecule has 0 amide bonds. The molecule has 0 aromatic rings. The van der Waals surface area contributed by atoms with E-state index in [0.717, 1.165) is 19.3 Å². The van der Waals surface area contributed by atoms with Gasteiger partial charge in [-0.1, -0.05) is 0 Å². The van der Waals surface area contributed by atoms with Crippen LogP contribution in [0.15, 0.2) is 0 Å². The summed E-state index contributed by atoms with van der Waals surface area (Å²) in [5.41, 5.74) is 23.9. The van der Waals surface area contributed by atoms with E-state index in [4.69, 9.17) is 41.9 Å². The lowest BCUT2D eigenvalue weighted by molar-refractivity contribution is -0.315. The highest BCUT2D eigenvalue weighted by Crippen LogP contribution is 2.32. The first-order valence-electron chi connectivity index (χ1n) is 14.1. The Kier molecular flexibility index (Phi) is 13.8. The molecule has 1 saturated carbocycles. The van der Waals surface area contributed by atoms with Crippen molar-refractivity contribution in [1.29, 1.82) is 0 Å². The van der Waals surface area contributed by atoms with Gasteiger partial charge in [-0.05, 0) is 38.8 Å². The molecule has 0 aromatic carbocycles. The first-order valence-corrected chi connectivity index (χ1v) is 14.1. The Balaban J connectivity index is 1.82. The summed E-state index contributed by atoms with van der Waals surface area (Å²) in [6.45, 7) is 0.0860. The van der Waals surface area contributed by atoms with Crippen LogP contribution in [-0.2, 0) is 18.9 Å². The lowest BCUT2D eigenvalue weighted by Crippen LogP contribution is -2.69. The molecule has 0 aromatic heterocycles. The van der Waals surface area contributed by atoms with Crippen LogP contribution >= 0.6 is 0 Å². The summed E-state index contributed by atoms with van der Waals surface area (Å²) >= 11 is 0. The second kappa shape index (κ2) is 16.3. The molecule has 3 fully saturated rings. The largest absolute Gasteiger partial charge is 0.395 e. The van der Waals surface area contributed by atoms with E-state index in [9.17, 15) is 30.6 Å². The number of nitrogens with one attached hydrogen (secondary N) is 2. The van der Waals surface area contributed by atoms with Crippen molar-refractivity contribution in [1.82, 2.24) is 10.6 Å². The zero-order valence-corrected chi connectivity index (χ0v) is 22.8. The van der Waals surface area contributed by atoms with Crippen molar-refractivity contribution in [2.24, 2.45) is 22.9 Å². The molecule has 16 heteroatoms. The van der Waals surface area contributed by atoms with E-state index in [1.54, 1.807) is 0 Å². The van der Waals surface area contributed by atoms with Crippen molar-refractivity contribution in [3.8, 4) is 0 Å². The van der Waals surface area contributed by atoms with Gasteiger partial charge in [0.1, 0.15) is 36.6 Å². The van der Waals surface area contributed by atoms with Gasteiger partial charge in [-0.15, -0.1) is 0 Å². The van der Waals surface area contributed by atoms with Crippen molar-refractivity contribution in [3.63, 3.8) is 0 Å². The molecule has 0 bridgehead atoms. The molecule has 40 heavy (non-hydrogen) atoms. The summed E-state index contributed by atoms with van der Waals surface area (Å²) in [5.74, 6) is 0. The molecule has 0 radical (unpaired) electrons. The van der Waals surface area contributed by atoms with Gasteiger partial charge in [-0.2, -0.15) is 0 Å². The summed E-state index contributed by atoms with van der Waals surface area (Å²) < 4.78 is 24.0. The maximum absolute atomic E-state index is 11.6. The van der Waals surface area contributed by atoms with Crippen LogP contribution in [0.1, 0.15) is 25.7 Å². The van der Waals surface area contributed by atoms with Gasteiger partial charge in [0.05, 0.1) is 44.1 Å². The second-order valence-electron chi connectivity index (χ2n) is 10.9. The zero-order chi connectivity index (χ0) is 29.4. The first kappa shape index (κ1) is 33.9. The molecular formula is C24H50N6O10. The summed E-state index contributed by atoms with van der Waals surface area (Å²) in [6, 6.07) is -3.58. The fraction of sp³-hybridized carbons (Fsp3) is 1.00. The number of nitrogens with two attached hydrogens (primary N) is 4. The smallest absolute Gasteiger partial charge is 0.186 e. The van der Waals surface area contributed by atoms with Crippen LogP contribution in [0.5, 0.6) is 0 Å². The fourth-order valence-electron chi connectivity index (χ4n) is 5.51. The molecule has 236 valence electrons. The fourth-order valence-corrected chi connectivity index (χ4v) is 5.51. The Morgan fingerprint density at radius 3 is 2.17 bits per heavy atom. The molecule has 2 heterocycles. The van der Waals surface area contributed by atoms with Crippen molar-refractivity contribution in [3.05, 3.63) is 0 Å². The molecule has 1 unspecified atom stereocenters. The number of aliphatic hydroxyl groups is 6. The summed E-state index contributed by atoms with van der Waals surface area (Å²) in [4.78, 5) is 0. The van der Waals surface area contributed by atoms with Gasteiger partial charge in [0.25, 0.3) is 0 Å². The van der Waals surface area contributed by atoms with Crippen molar-refractivity contribution < 1.29 is 49.6 Å². The predicted octanol–water partition coefficient (Wildman–Crippen LogP) is -6.30. The monoisotopic (exact) mass is 582 g/mol. The number of hydrogen-bond acceptors (Lipinski definition) is 16. The predicted molar refractivity (Wildman–Crippen MR) is 141 cm³/mol. The minimum Gasteiger partial charge on any atom is -0.395 e. The zero-order valence-electron chi connectivity index (χ0n) is 22.8. The third kappa shape index (κ3) is 8.25. The highest BCUT2D eigenvalue weighted by Gasteiger charge is 2.51. The average molecular weight is 583 g/mol. The van der Waals surface area contributed by atoms with Crippen molar-refractivity contribution in [2.45, 2.75) is 111 Å². The number of hydrogen-bond donors (Lipinski definition) is 12. The van der Waals surface area contributed by atoms with E-state index in [1.807, 2.05) is 0 Å². The van der Waals surface area contributed by atoms with Crippen molar-refractivity contribution >= 4 is 0 Å². The molecule has 13 atom stereocenters. The Hall–Kier alpha value is -0.640. The summed E-state index contributed by atoms with van der Waals surface area (Å²) in [7, 11) is 0. The normalized spacial score (nSPS) is 42.8. The maximum Gasteiger partial charge on any atom is 0.186 e. The number of rotatable bonds is 14. The molecule has 0 spiro atoms. The van der Waals surface area contributed by atoms with E-state index >= 15 is 0 Å². The minimum absolute atomic E-state index is 0.183. The number of aliphatic hydroxyl groups excluding tert-OH is 6. The molecule has 3 aliphatic rings. The van der Waals surface area contributed by atoms with Gasteiger partial charge < -0.3 is 83.2 Å². The van der Waals surface area contributed by atoms with Gasteiger partial charge >= 0.3 is 0 Å². The van der Waals surface area contributed by atoms with E-state index in [0.29, 0.717) is 19.6 Å². The van der Waals surface area contributed by atoms with E-state index in [1.165, 1.54) is 0 Å². The minimum atomic E-state index is -1.49. The van der Waals surface area contributed by atoms with Gasteiger partial charge in [-0.25, -0.2) is 0 Å². The summed E-state index contributed by atoms with van der Waals surface area (Å²) in [6.07, 6.45) is -7.53. The Bertz CT molecular complexity index is 726. The Morgan fingerprint density at radius 2 is 1.55 bits per heavy atom. The molecular weight excluding hydrogens is 532 g/mol. The third-order valence-corrected chi connectivity index (χ3v) is 7.93. The lowest BCUT2D eigenvalue weighted by atomic mass is 9.83. The lowest BCUT2D eigenvalue weighted by Gasteiger charge is -2.49. The van der Waals surface area contributed by atoms with Crippen molar-refractivity contribution in [2.75, 3.05) is 39.5 Å². The van der Waals surface area contributed by atoms with Crippen LogP contribution < -0.4 is 33.6 Å². The standard InChI is InChI=1S/C24H50N6O10/c25-4-1-5-29-14-3-2-12(7-26)37-23(14)39-21-13(27)6-15(30-11(8-31)9-32)22(20(21)36)40-24-19(35)17(28)18(34)16(10-33)38-24/h11-24,29-36H,1-10,25-28H2/t12-,13-,14+,15+,16+,17-,18+,19+,20-,21?,22-,23+,24+/m0/s1.